The lowest BCUT2D eigenvalue weighted by Crippen LogP contribution is -2.16. The highest BCUT2D eigenvalue weighted by molar-refractivity contribution is 5.89. The molecule has 0 amide bonds. The Bertz CT molecular complexity index is 209. The van der Waals surface area contributed by atoms with Crippen LogP contribution < -0.4 is 5.73 Å². The van der Waals surface area contributed by atoms with E-state index >= 15 is 0 Å². The number of esters is 1. The summed E-state index contributed by atoms with van der Waals surface area (Å²) in [6, 6.07) is 0. The zero-order valence-electron chi connectivity index (χ0n) is 9.43. The molecule has 0 aromatic rings. The first-order chi connectivity index (χ1) is 6.67. The van der Waals surface area contributed by atoms with E-state index in [-0.39, 0.29) is 5.97 Å². The molecule has 0 rings (SSSR count). The van der Waals surface area contributed by atoms with Crippen LogP contribution >= 0.6 is 0 Å². The minimum Gasteiger partial charge on any atom is -0.461 e. The van der Waals surface area contributed by atoms with Crippen molar-refractivity contribution in [1.82, 2.24) is 0 Å². The fourth-order valence-electron chi connectivity index (χ4n) is 1.19. The van der Waals surface area contributed by atoms with Gasteiger partial charge in [0, 0.05) is 12.1 Å². The van der Waals surface area contributed by atoms with Gasteiger partial charge < -0.3 is 10.5 Å². The van der Waals surface area contributed by atoms with Gasteiger partial charge in [0.15, 0.2) is 0 Å². The minimum absolute atomic E-state index is 0.198. The molecule has 0 saturated carbocycles. The highest BCUT2D eigenvalue weighted by Gasteiger charge is 2.12. The number of rotatable bonds is 6. The second kappa shape index (κ2) is 7.56. The first-order valence-corrected chi connectivity index (χ1v) is 5.23. The third-order valence-corrected chi connectivity index (χ3v) is 2.14. The molecule has 3 nitrogen and oxygen atoms in total. The molecule has 0 unspecified atom stereocenters. The van der Waals surface area contributed by atoms with Crippen LogP contribution in [0.1, 0.15) is 40.0 Å². The van der Waals surface area contributed by atoms with Crippen LogP contribution in [0.2, 0.25) is 0 Å². The summed E-state index contributed by atoms with van der Waals surface area (Å²) in [5.74, 6) is -0.198. The van der Waals surface area contributed by atoms with Gasteiger partial charge in [-0.2, -0.15) is 0 Å². The van der Waals surface area contributed by atoms with Crippen molar-refractivity contribution < 1.29 is 9.53 Å². The van der Waals surface area contributed by atoms with E-state index in [4.69, 9.17) is 10.5 Å². The van der Waals surface area contributed by atoms with Gasteiger partial charge in [-0.15, -0.1) is 0 Å². The molecule has 0 saturated heterocycles. The Hall–Kier alpha value is -0.830. The van der Waals surface area contributed by atoms with Gasteiger partial charge in [0.2, 0.25) is 0 Å². The number of allylic oxidation sites excluding steroid dienone is 1. The molecule has 14 heavy (non-hydrogen) atoms. The fraction of sp³-hybridized carbons (Fsp3) is 0.727. The molecule has 0 spiro atoms. The Kier molecular flexibility index (Phi) is 7.11. The predicted molar refractivity (Wildman–Crippen MR) is 57.9 cm³/mol. The van der Waals surface area contributed by atoms with E-state index in [1.807, 2.05) is 13.8 Å². The second-order valence-electron chi connectivity index (χ2n) is 3.29. The third-order valence-electron chi connectivity index (χ3n) is 2.14. The van der Waals surface area contributed by atoms with Gasteiger partial charge in [-0.1, -0.05) is 25.8 Å². The van der Waals surface area contributed by atoms with Gasteiger partial charge in [-0.05, 0) is 19.8 Å². The topological polar surface area (TPSA) is 52.3 Å². The van der Waals surface area contributed by atoms with Crippen molar-refractivity contribution in [2.75, 3.05) is 13.2 Å². The van der Waals surface area contributed by atoms with Crippen LogP contribution in [0.3, 0.4) is 0 Å². The Morgan fingerprint density at radius 2 is 2.00 bits per heavy atom. The summed E-state index contributed by atoms with van der Waals surface area (Å²) in [7, 11) is 0. The summed E-state index contributed by atoms with van der Waals surface area (Å²) in [6.07, 6.45) is 2.65. The minimum atomic E-state index is -0.198. The zero-order chi connectivity index (χ0) is 11.0. The van der Waals surface area contributed by atoms with Crippen LogP contribution in [0, 0.1) is 0 Å². The summed E-state index contributed by atoms with van der Waals surface area (Å²) >= 11 is 0. The zero-order valence-corrected chi connectivity index (χ0v) is 9.43. The molecule has 0 aliphatic carbocycles. The Labute approximate surface area is 86.3 Å². The van der Waals surface area contributed by atoms with Crippen molar-refractivity contribution in [3.63, 3.8) is 0 Å². The van der Waals surface area contributed by atoms with Crippen LogP contribution in [0.15, 0.2) is 11.1 Å². The maximum absolute atomic E-state index is 11.6. The van der Waals surface area contributed by atoms with E-state index in [9.17, 15) is 4.79 Å². The first-order valence-electron chi connectivity index (χ1n) is 5.23. The smallest absolute Gasteiger partial charge is 0.333 e. The summed E-state index contributed by atoms with van der Waals surface area (Å²) in [6.45, 7) is 6.77. The maximum Gasteiger partial charge on any atom is 0.333 e. The van der Waals surface area contributed by atoms with Crippen molar-refractivity contribution in [2.45, 2.75) is 40.0 Å². The van der Waals surface area contributed by atoms with E-state index in [2.05, 4.69) is 6.92 Å². The Morgan fingerprint density at radius 3 is 2.43 bits per heavy atom. The molecule has 0 heterocycles. The normalized spacial score (nSPS) is 12.3. The molecular weight excluding hydrogens is 178 g/mol. The molecule has 0 aliphatic rings. The largest absolute Gasteiger partial charge is 0.461 e. The van der Waals surface area contributed by atoms with Crippen molar-refractivity contribution in [3.8, 4) is 0 Å². The van der Waals surface area contributed by atoms with E-state index < -0.39 is 0 Å². The summed E-state index contributed by atoms with van der Waals surface area (Å²) in [4.78, 5) is 11.6. The quantitative estimate of drug-likeness (QED) is 0.526. The third kappa shape index (κ3) is 4.42. The summed E-state index contributed by atoms with van der Waals surface area (Å²) < 4.78 is 5.01. The monoisotopic (exact) mass is 199 g/mol. The van der Waals surface area contributed by atoms with Gasteiger partial charge in [0.1, 0.15) is 6.61 Å². The number of hydrogen-bond acceptors (Lipinski definition) is 3. The molecule has 0 bridgehead atoms. The van der Waals surface area contributed by atoms with Gasteiger partial charge in [-0.3, -0.25) is 0 Å². The first kappa shape index (κ1) is 13.2. The fourth-order valence-corrected chi connectivity index (χ4v) is 1.19. The van der Waals surface area contributed by atoms with E-state index in [0.29, 0.717) is 13.2 Å². The molecule has 0 aromatic carbocycles. The molecule has 3 heteroatoms. The van der Waals surface area contributed by atoms with Crippen LogP contribution in [0.25, 0.3) is 0 Å². The van der Waals surface area contributed by atoms with Crippen LogP contribution in [-0.2, 0) is 9.53 Å². The molecule has 0 aromatic heterocycles. The number of hydrogen-bond donors (Lipinski definition) is 1. The molecule has 2 N–H and O–H groups in total. The number of carbonyl (C=O) groups is 1. The Morgan fingerprint density at radius 1 is 1.36 bits per heavy atom. The van der Waals surface area contributed by atoms with Crippen molar-refractivity contribution in [3.05, 3.63) is 11.1 Å². The van der Waals surface area contributed by atoms with Gasteiger partial charge in [0.25, 0.3) is 0 Å². The lowest BCUT2D eigenvalue weighted by atomic mass is 10.0. The molecule has 0 atom stereocenters. The molecule has 82 valence electrons. The van der Waals surface area contributed by atoms with Gasteiger partial charge >= 0.3 is 5.97 Å². The number of nitrogens with two attached hydrogens (primary N) is 1. The van der Waals surface area contributed by atoms with Crippen LogP contribution in [0.5, 0.6) is 0 Å². The van der Waals surface area contributed by atoms with E-state index in [0.717, 1.165) is 30.4 Å². The summed E-state index contributed by atoms with van der Waals surface area (Å²) in [5.41, 5.74) is 7.21. The lowest BCUT2D eigenvalue weighted by Gasteiger charge is -2.09. The number of ether oxygens (including phenoxy) is 1. The highest BCUT2D eigenvalue weighted by atomic mass is 16.5. The molecule has 0 aliphatic heterocycles. The van der Waals surface area contributed by atoms with E-state index in [1.54, 1.807) is 0 Å². The van der Waals surface area contributed by atoms with Crippen molar-refractivity contribution in [1.29, 1.82) is 0 Å². The van der Waals surface area contributed by atoms with Crippen LogP contribution in [0.4, 0.5) is 0 Å². The molecule has 0 radical (unpaired) electrons. The standard InChI is InChI=1S/C11H21NO2/c1-4-6-10(9(3)5-2)11(13)14-8-7-12/h4-8,12H2,1-3H3/b10-9+. The average molecular weight is 199 g/mol. The highest BCUT2D eigenvalue weighted by Crippen LogP contribution is 2.15. The van der Waals surface area contributed by atoms with E-state index in [1.165, 1.54) is 0 Å². The molecular formula is C11H21NO2. The Balaban J connectivity index is 4.41. The maximum atomic E-state index is 11.6. The second-order valence-corrected chi connectivity index (χ2v) is 3.29. The van der Waals surface area contributed by atoms with Gasteiger partial charge in [0.05, 0.1) is 0 Å². The van der Waals surface area contributed by atoms with Crippen molar-refractivity contribution >= 4 is 5.97 Å². The van der Waals surface area contributed by atoms with Crippen molar-refractivity contribution in [2.24, 2.45) is 5.73 Å². The average Bonchev–Trinajstić information content (AvgIpc) is 2.21. The summed E-state index contributed by atoms with van der Waals surface area (Å²) in [5, 5.41) is 0. The number of carbonyl (C=O) groups excluding carboxylic acids is 1. The van der Waals surface area contributed by atoms with Crippen LogP contribution in [-0.4, -0.2) is 19.1 Å². The predicted octanol–water partition coefficient (Wildman–Crippen LogP) is 2.01. The molecule has 0 fully saturated rings. The SMILES string of the molecule is CCC/C(C(=O)OCCN)=C(/C)CC. The lowest BCUT2D eigenvalue weighted by molar-refractivity contribution is -0.139. The van der Waals surface area contributed by atoms with Gasteiger partial charge in [-0.25, -0.2) is 4.79 Å².